The first-order chi connectivity index (χ1) is 71.5. The summed E-state index contributed by atoms with van der Waals surface area (Å²) < 4.78 is 18.9. The molecule has 4 heterocycles. The SMILES string of the molecule is Brc1cnc(Br)cn1.CCC[CH2][Sn]([CH2]CCC)([CH2]CCC)[c]1cnc(C)cn1.CCC[CH2][Sn]([CH2]CCC)[CH2]CCC.CCC[CH2][Sn]([CH2]CCC)[CH2]CCC.Cc1cnc(Br)cn1.Nc1cnc(Br)cn1.[Pd].c1ccc(P(c2ccccc2)c2ccccc2)cc1.c1ccc(P(c2ccccc2)c2ccccc2)cc1.c1ccc(P(c2ccccc2)c2ccccc2)cc1.c1ccc(P(c2ccccc2)c2ccccc2)cc1. The van der Waals surface area contributed by atoms with Crippen molar-refractivity contribution in [2.24, 2.45) is 0 Å². The number of aromatic nitrogens is 8. The number of halogens is 4. The van der Waals surface area contributed by atoms with Crippen molar-refractivity contribution in [1.82, 2.24) is 39.9 Å². The molecule has 0 unspecified atom stereocenters. The monoisotopic (exact) mass is 2700 g/mol. The van der Waals surface area contributed by atoms with E-state index in [2.05, 4.69) is 531 Å². The molecule has 0 fully saturated rings. The summed E-state index contributed by atoms with van der Waals surface area (Å²) in [6.45, 7) is 24.9. The van der Waals surface area contributed by atoms with Crippen LogP contribution in [0.5, 0.6) is 0 Å². The second kappa shape index (κ2) is 82.1. The second-order valence-corrected chi connectivity index (χ2v) is 77.8. The fourth-order valence-corrected chi connectivity index (χ4v) is 60.0. The quantitative estimate of drug-likeness (QED) is 0.0295. The number of unbranched alkanes of at least 4 members (excludes halogenated alkanes) is 9. The third-order valence-electron chi connectivity index (χ3n) is 23.8. The molecule has 4 aromatic heterocycles. The van der Waals surface area contributed by atoms with E-state index in [1.807, 2.05) is 20.0 Å². The number of anilines is 1. The average molecular weight is 2700 g/mol. The van der Waals surface area contributed by atoms with E-state index < -0.39 is 89.6 Å². The summed E-state index contributed by atoms with van der Waals surface area (Å²) >= 11 is 8.61. The first-order valence-electron chi connectivity index (χ1n) is 52.6. The van der Waals surface area contributed by atoms with E-state index >= 15 is 0 Å². The predicted molar refractivity (Wildman–Crippen MR) is 668 cm³/mol. The zero-order valence-corrected chi connectivity index (χ0v) is 109. The van der Waals surface area contributed by atoms with Crippen molar-refractivity contribution in [2.45, 2.75) is 232 Å². The van der Waals surface area contributed by atoms with Gasteiger partial charge in [-0.15, -0.1) is 0 Å². The molecule has 21 heteroatoms. The van der Waals surface area contributed by atoms with Gasteiger partial charge in [-0.05, 0) is 166 Å². The Morgan fingerprint density at radius 2 is 0.374 bits per heavy atom. The standard InChI is InChI=1S/4C18H15P.C5H5BrN2.C5H5N2.C4H2Br2N2.C4H4BrN3.9C4H9.Pd.3Sn/c4*1-4-10-16(11-5-1)19(17-12-6-2-7-13-17)18-14-8-3-9-15-18;1-4-2-8-5(6)3-7-4;1-5-4-6-2-3-7-5;5-3-1-7-4(6)2-8-3;5-3-1-8-4(6)2-7-3;9*1-3-4-2;;;;/h4*1-15H;2-3H,1H3;3-4H,1H3;1-2H;1-2H,(H2,6,8);9*1,3-4H2,2H3;;;;. The van der Waals surface area contributed by atoms with Crippen LogP contribution in [0.4, 0.5) is 5.82 Å². The molecule has 0 aliphatic heterocycles. The molecule has 9 nitrogen and oxygen atoms in total. The van der Waals surface area contributed by atoms with Crippen LogP contribution in [0, 0.1) is 13.8 Å². The molecule has 0 saturated carbocycles. The molecule has 12 aromatic carbocycles. The van der Waals surface area contributed by atoms with Crippen molar-refractivity contribution in [3.8, 4) is 0 Å². The van der Waals surface area contributed by atoms with Gasteiger partial charge in [0, 0.05) is 26.6 Å². The molecular weight excluding hydrogens is 2550 g/mol. The molecule has 0 saturated heterocycles. The van der Waals surface area contributed by atoms with Crippen LogP contribution >= 0.6 is 95.4 Å². The summed E-state index contributed by atoms with van der Waals surface area (Å²) in [5.74, 6) is 0.438. The molecule has 0 aliphatic carbocycles. The molecule has 0 atom stereocenters. The van der Waals surface area contributed by atoms with Gasteiger partial charge in [0.1, 0.15) is 24.2 Å². The van der Waals surface area contributed by atoms with Crippen molar-refractivity contribution in [3.63, 3.8) is 0 Å². The summed E-state index contributed by atoms with van der Waals surface area (Å²) in [7, 11) is -1.78. The van der Waals surface area contributed by atoms with E-state index in [1.165, 1.54) is 202 Å². The van der Waals surface area contributed by atoms with Crippen LogP contribution in [-0.4, -0.2) is 97.8 Å². The summed E-state index contributed by atoms with van der Waals surface area (Å²) in [5.41, 5.74) is 7.22. The van der Waals surface area contributed by atoms with E-state index in [0.717, 1.165) is 25.2 Å². The van der Waals surface area contributed by atoms with Gasteiger partial charge in [0.25, 0.3) is 0 Å². The van der Waals surface area contributed by atoms with Crippen LogP contribution < -0.4 is 73.1 Å². The molecule has 16 aromatic rings. The maximum atomic E-state index is 5.23. The number of hydrogen-bond acceptors (Lipinski definition) is 9. The van der Waals surface area contributed by atoms with Gasteiger partial charge in [-0.25, -0.2) is 24.9 Å². The zero-order valence-electron chi connectivity index (χ0n) is 88.6. The van der Waals surface area contributed by atoms with Gasteiger partial charge in [0.15, 0.2) is 0 Å². The smallest absolute Gasteiger partial charge is 0.141 e. The van der Waals surface area contributed by atoms with Crippen LogP contribution in [0.15, 0.2) is 432 Å². The number of nitrogens with two attached hydrogens (primary N) is 1. The normalized spacial score (nSPS) is 10.5. The Labute approximate surface area is 956 Å². The molecule has 2 radical (unpaired) electrons. The van der Waals surface area contributed by atoms with Gasteiger partial charge in [-0.3, -0.25) is 4.98 Å². The van der Waals surface area contributed by atoms with Gasteiger partial charge in [-0.2, -0.15) is 0 Å². The second-order valence-electron chi connectivity index (χ2n) is 35.5. The third-order valence-corrected chi connectivity index (χ3v) is 68.4. The molecule has 147 heavy (non-hydrogen) atoms. The molecule has 776 valence electrons. The Morgan fingerprint density at radius 1 is 0.211 bits per heavy atom. The molecule has 0 aliphatic rings. The zero-order chi connectivity index (χ0) is 104. The van der Waals surface area contributed by atoms with Gasteiger partial charge in [0.2, 0.25) is 0 Å². The molecule has 0 spiro atoms. The van der Waals surface area contributed by atoms with Crippen LogP contribution in [-0.2, 0) is 20.4 Å². The number of nitrogen functional groups attached to an aromatic ring is 1. The van der Waals surface area contributed by atoms with Gasteiger partial charge in [0.05, 0.1) is 36.7 Å². The minimum absolute atomic E-state index is 0. The Kier molecular flexibility index (Phi) is 72.1. The van der Waals surface area contributed by atoms with E-state index in [4.69, 9.17) is 10.7 Å². The van der Waals surface area contributed by atoms with Crippen molar-refractivity contribution < 1.29 is 20.4 Å². The molecular formula is C126H157Br4N9P4PdSn3. The van der Waals surface area contributed by atoms with Gasteiger partial charge in [-0.1, -0.05) is 364 Å². The number of rotatable bonds is 40. The fraction of sp³-hybridized carbons (Fsp3) is 0.302. The number of nitrogens with zero attached hydrogens (tertiary/aromatic N) is 8. The maximum Gasteiger partial charge on any atom is 0.141 e. The first-order valence-corrected chi connectivity index (χ1v) is 80.7. The number of hydrogen-bond donors (Lipinski definition) is 1. The Hall–Kier alpha value is -6.54. The maximum absolute atomic E-state index is 5.23. The van der Waals surface area contributed by atoms with E-state index in [0.29, 0.717) is 10.4 Å². The minimum Gasteiger partial charge on any atom is -0.382 e. The van der Waals surface area contributed by atoms with Gasteiger partial charge < -0.3 is 5.73 Å². The third kappa shape index (κ3) is 53.2. The summed E-state index contributed by atoms with van der Waals surface area (Å²) in [5, 5.41) is 16.8. The van der Waals surface area contributed by atoms with Gasteiger partial charge >= 0.3 is 314 Å². The van der Waals surface area contributed by atoms with Crippen LogP contribution in [0.3, 0.4) is 0 Å². The Morgan fingerprint density at radius 3 is 0.510 bits per heavy atom. The average Bonchev–Trinajstić information content (AvgIpc) is 0.868. The minimum atomic E-state index is -2.30. The Balaban J connectivity index is 0.000000253. The van der Waals surface area contributed by atoms with Crippen LogP contribution in [0.1, 0.15) is 189 Å². The molecule has 0 bridgehead atoms. The topological polar surface area (TPSA) is 129 Å². The molecule has 0 amide bonds. The van der Waals surface area contributed by atoms with Crippen molar-refractivity contribution in [2.75, 3.05) is 5.73 Å². The fourth-order valence-electron chi connectivity index (χ4n) is 16.0. The van der Waals surface area contributed by atoms with E-state index in [1.54, 1.807) is 57.6 Å². The molecule has 2 N–H and O–H groups in total. The Bertz CT molecular complexity index is 4720. The van der Waals surface area contributed by atoms with Crippen LogP contribution in [0.25, 0.3) is 0 Å². The van der Waals surface area contributed by atoms with Crippen molar-refractivity contribution in [3.05, 3.63) is 443 Å². The number of aryl methyl sites for hydroxylation is 2. The first kappa shape index (κ1) is 129. The molecule has 16 rings (SSSR count). The number of benzene rings is 12. The van der Waals surface area contributed by atoms with Crippen molar-refractivity contribution in [1.29, 1.82) is 0 Å². The van der Waals surface area contributed by atoms with Crippen LogP contribution in [0.2, 0.25) is 39.9 Å². The summed E-state index contributed by atoms with van der Waals surface area (Å²) in [4.78, 5) is 32.6. The predicted octanol–water partition coefficient (Wildman–Crippen LogP) is 32.8. The largest absolute Gasteiger partial charge is 0.382 e. The summed E-state index contributed by atoms with van der Waals surface area (Å²) in [6.07, 6.45) is 39.6. The van der Waals surface area contributed by atoms with E-state index in [-0.39, 0.29) is 20.4 Å². The van der Waals surface area contributed by atoms with E-state index in [9.17, 15) is 0 Å². The summed E-state index contributed by atoms with van der Waals surface area (Å²) in [6, 6.07) is 129. The van der Waals surface area contributed by atoms with Crippen molar-refractivity contribution >= 4 is 226 Å².